The summed E-state index contributed by atoms with van der Waals surface area (Å²) in [6, 6.07) is 14.5. The topological polar surface area (TPSA) is 45.0 Å². The normalized spacial score (nSPS) is 11.6. The summed E-state index contributed by atoms with van der Waals surface area (Å²) >= 11 is 1.75. The summed E-state index contributed by atoms with van der Waals surface area (Å²) in [7, 11) is 0. The van der Waals surface area contributed by atoms with Crippen molar-refractivity contribution in [3.05, 3.63) is 46.7 Å². The zero-order chi connectivity index (χ0) is 14.2. The number of ether oxygens (including phenoxy) is 1. The van der Waals surface area contributed by atoms with Gasteiger partial charge in [0.25, 0.3) is 0 Å². The number of nitriles is 1. The number of hydrogen-bond acceptors (Lipinski definition) is 4. The Morgan fingerprint density at radius 3 is 3.00 bits per heavy atom. The first-order valence-corrected chi connectivity index (χ1v) is 7.57. The van der Waals surface area contributed by atoms with Gasteiger partial charge in [0, 0.05) is 23.1 Å². The maximum atomic E-state index is 8.48. The minimum Gasteiger partial charge on any atom is -0.493 e. The molecule has 0 saturated carbocycles. The second-order valence-corrected chi connectivity index (χ2v) is 5.50. The molecule has 0 spiro atoms. The van der Waals surface area contributed by atoms with Crippen molar-refractivity contribution < 1.29 is 4.74 Å². The molecule has 1 unspecified atom stereocenters. The molecule has 1 atom stereocenters. The maximum Gasteiger partial charge on any atom is 0.121 e. The van der Waals surface area contributed by atoms with Crippen molar-refractivity contribution in [1.82, 2.24) is 0 Å². The summed E-state index contributed by atoms with van der Waals surface area (Å²) in [5.41, 5.74) is 1.05. The van der Waals surface area contributed by atoms with E-state index in [1.54, 1.807) is 11.3 Å². The second-order valence-electron chi connectivity index (χ2n) is 4.52. The van der Waals surface area contributed by atoms with E-state index in [9.17, 15) is 0 Å². The van der Waals surface area contributed by atoms with Crippen LogP contribution in [0.1, 0.15) is 30.7 Å². The highest BCUT2D eigenvalue weighted by Crippen LogP contribution is 2.25. The van der Waals surface area contributed by atoms with E-state index in [2.05, 4.69) is 35.8 Å². The van der Waals surface area contributed by atoms with E-state index in [0.717, 1.165) is 17.9 Å². The molecule has 0 aliphatic carbocycles. The maximum absolute atomic E-state index is 8.48. The number of thiophene rings is 1. The molecule has 1 aromatic carbocycles. The number of anilines is 1. The van der Waals surface area contributed by atoms with Gasteiger partial charge in [0.05, 0.1) is 18.7 Å². The second kappa shape index (κ2) is 7.56. The summed E-state index contributed by atoms with van der Waals surface area (Å²) in [5, 5.41) is 14.0. The predicted molar refractivity (Wildman–Crippen MR) is 83.1 cm³/mol. The minimum atomic E-state index is 0.281. The number of benzene rings is 1. The average Bonchev–Trinajstić information content (AvgIpc) is 2.98. The van der Waals surface area contributed by atoms with Gasteiger partial charge in [-0.2, -0.15) is 5.26 Å². The molecule has 1 N–H and O–H groups in total. The molecule has 0 aliphatic heterocycles. The summed E-state index contributed by atoms with van der Waals surface area (Å²) in [4.78, 5) is 1.31. The lowest BCUT2D eigenvalue weighted by atomic mass is 10.2. The van der Waals surface area contributed by atoms with Gasteiger partial charge in [0.1, 0.15) is 5.75 Å². The SMILES string of the molecule is CC(Nc1cccc(OCCCC#N)c1)c1cccs1. The highest BCUT2D eigenvalue weighted by atomic mass is 32.1. The molecule has 20 heavy (non-hydrogen) atoms. The Morgan fingerprint density at radius 2 is 2.25 bits per heavy atom. The quantitative estimate of drug-likeness (QED) is 0.756. The molecule has 0 fully saturated rings. The van der Waals surface area contributed by atoms with Gasteiger partial charge < -0.3 is 10.1 Å². The predicted octanol–water partition coefficient (Wildman–Crippen LogP) is 4.60. The van der Waals surface area contributed by atoms with Crippen LogP contribution in [0.5, 0.6) is 5.75 Å². The Morgan fingerprint density at radius 1 is 1.35 bits per heavy atom. The van der Waals surface area contributed by atoms with E-state index >= 15 is 0 Å². The standard InChI is InChI=1S/C16H18N2OS/c1-13(16-8-5-11-20-16)18-14-6-4-7-15(12-14)19-10-3-2-9-17/h4-8,11-13,18H,2-3,10H2,1H3. The number of hydrogen-bond donors (Lipinski definition) is 1. The fourth-order valence-corrected chi connectivity index (χ4v) is 2.61. The van der Waals surface area contributed by atoms with Gasteiger partial charge in [-0.3, -0.25) is 0 Å². The lowest BCUT2D eigenvalue weighted by molar-refractivity contribution is 0.313. The van der Waals surface area contributed by atoms with Crippen molar-refractivity contribution in [3.8, 4) is 11.8 Å². The van der Waals surface area contributed by atoms with Gasteiger partial charge in [-0.05, 0) is 36.9 Å². The van der Waals surface area contributed by atoms with E-state index < -0.39 is 0 Å². The molecule has 0 aliphatic rings. The molecule has 1 heterocycles. The lowest BCUT2D eigenvalue weighted by Crippen LogP contribution is -2.05. The number of nitrogens with one attached hydrogen (secondary N) is 1. The Labute approximate surface area is 123 Å². The van der Waals surface area contributed by atoms with Crippen LogP contribution >= 0.6 is 11.3 Å². The van der Waals surface area contributed by atoms with E-state index in [0.29, 0.717) is 13.0 Å². The van der Waals surface area contributed by atoms with Crippen molar-refractivity contribution in [1.29, 1.82) is 5.26 Å². The summed E-state index contributed by atoms with van der Waals surface area (Å²) in [6.45, 7) is 2.73. The zero-order valence-electron chi connectivity index (χ0n) is 11.5. The minimum absolute atomic E-state index is 0.281. The Kier molecular flexibility index (Phi) is 5.45. The molecule has 104 valence electrons. The highest BCUT2D eigenvalue weighted by molar-refractivity contribution is 7.10. The van der Waals surface area contributed by atoms with Crippen LogP contribution in [0.2, 0.25) is 0 Å². The molecular weight excluding hydrogens is 268 g/mol. The highest BCUT2D eigenvalue weighted by Gasteiger charge is 2.06. The molecule has 2 aromatic rings. The summed E-state index contributed by atoms with van der Waals surface area (Å²) in [6.07, 6.45) is 1.30. The monoisotopic (exact) mass is 286 g/mol. The van der Waals surface area contributed by atoms with Crippen LogP contribution in [0.25, 0.3) is 0 Å². The van der Waals surface area contributed by atoms with Crippen LogP contribution in [0.15, 0.2) is 41.8 Å². The van der Waals surface area contributed by atoms with Crippen LogP contribution in [0.4, 0.5) is 5.69 Å². The van der Waals surface area contributed by atoms with Gasteiger partial charge in [0.2, 0.25) is 0 Å². The molecule has 2 rings (SSSR count). The third kappa shape index (κ3) is 4.29. The zero-order valence-corrected chi connectivity index (χ0v) is 12.3. The summed E-state index contributed by atoms with van der Waals surface area (Å²) in [5.74, 6) is 0.839. The fourth-order valence-electron chi connectivity index (χ4n) is 1.88. The molecule has 4 heteroatoms. The van der Waals surface area contributed by atoms with Gasteiger partial charge in [-0.1, -0.05) is 12.1 Å². The third-order valence-corrected chi connectivity index (χ3v) is 3.94. The van der Waals surface area contributed by atoms with E-state index in [1.807, 2.05) is 24.3 Å². The van der Waals surface area contributed by atoms with E-state index in [-0.39, 0.29) is 6.04 Å². The molecule has 0 saturated heterocycles. The fraction of sp³-hybridized carbons (Fsp3) is 0.312. The van der Waals surface area contributed by atoms with Crippen LogP contribution in [-0.2, 0) is 0 Å². The summed E-state index contributed by atoms with van der Waals surface area (Å²) < 4.78 is 5.63. The first-order chi connectivity index (χ1) is 9.79. The first-order valence-electron chi connectivity index (χ1n) is 6.69. The lowest BCUT2D eigenvalue weighted by Gasteiger charge is -2.14. The van der Waals surface area contributed by atoms with Crippen molar-refractivity contribution in [2.45, 2.75) is 25.8 Å². The van der Waals surface area contributed by atoms with Crippen molar-refractivity contribution in [3.63, 3.8) is 0 Å². The molecule has 1 aromatic heterocycles. The number of nitrogens with zero attached hydrogens (tertiary/aromatic N) is 1. The Balaban J connectivity index is 1.91. The van der Waals surface area contributed by atoms with Crippen LogP contribution in [-0.4, -0.2) is 6.61 Å². The van der Waals surface area contributed by atoms with E-state index in [4.69, 9.17) is 10.00 Å². The molecule has 0 bridgehead atoms. The van der Waals surface area contributed by atoms with Crippen LogP contribution in [0, 0.1) is 11.3 Å². The van der Waals surface area contributed by atoms with Crippen molar-refractivity contribution >= 4 is 17.0 Å². The number of unbranched alkanes of at least 4 members (excludes halogenated alkanes) is 1. The molecule has 0 radical (unpaired) electrons. The van der Waals surface area contributed by atoms with Gasteiger partial charge >= 0.3 is 0 Å². The third-order valence-electron chi connectivity index (χ3n) is 2.89. The largest absolute Gasteiger partial charge is 0.493 e. The van der Waals surface area contributed by atoms with Gasteiger partial charge in [-0.25, -0.2) is 0 Å². The number of rotatable bonds is 7. The Bertz CT molecular complexity index is 560. The van der Waals surface area contributed by atoms with Crippen LogP contribution in [0.3, 0.4) is 0 Å². The Hall–Kier alpha value is -1.99. The van der Waals surface area contributed by atoms with Gasteiger partial charge in [0.15, 0.2) is 0 Å². The smallest absolute Gasteiger partial charge is 0.121 e. The first kappa shape index (κ1) is 14.4. The van der Waals surface area contributed by atoms with Crippen molar-refractivity contribution in [2.24, 2.45) is 0 Å². The molecule has 0 amide bonds. The van der Waals surface area contributed by atoms with Crippen LogP contribution < -0.4 is 10.1 Å². The van der Waals surface area contributed by atoms with E-state index in [1.165, 1.54) is 4.88 Å². The molecule has 3 nitrogen and oxygen atoms in total. The average molecular weight is 286 g/mol. The molecular formula is C16H18N2OS. The van der Waals surface area contributed by atoms with Gasteiger partial charge in [-0.15, -0.1) is 11.3 Å². The van der Waals surface area contributed by atoms with Crippen molar-refractivity contribution in [2.75, 3.05) is 11.9 Å².